The first-order valence-electron chi connectivity index (χ1n) is 7.41. The number of likely N-dealkylation sites (tertiary alicyclic amines) is 1. The van der Waals surface area contributed by atoms with Crippen molar-refractivity contribution < 1.29 is 4.79 Å². The highest BCUT2D eigenvalue weighted by molar-refractivity contribution is 9.10. The molecule has 0 aromatic carbocycles. The summed E-state index contributed by atoms with van der Waals surface area (Å²) in [5, 5.41) is 0. The summed E-state index contributed by atoms with van der Waals surface area (Å²) in [6, 6.07) is 1.92. The molecule has 0 radical (unpaired) electrons. The van der Waals surface area contributed by atoms with Gasteiger partial charge >= 0.3 is 0 Å². The smallest absolute Gasteiger partial charge is 0.270 e. The van der Waals surface area contributed by atoms with Crippen LogP contribution in [-0.4, -0.2) is 35.0 Å². The van der Waals surface area contributed by atoms with Crippen molar-refractivity contribution >= 4 is 21.8 Å². The molecule has 0 spiro atoms. The van der Waals surface area contributed by atoms with Crippen LogP contribution < -0.4 is 5.73 Å². The number of amides is 1. The fraction of sp³-hybridized carbons (Fsp3) is 0.667. The largest absolute Gasteiger partial charge is 0.342 e. The van der Waals surface area contributed by atoms with E-state index in [4.69, 9.17) is 5.73 Å². The highest BCUT2D eigenvalue weighted by atomic mass is 79.9. The second-order valence-corrected chi connectivity index (χ2v) is 6.67. The van der Waals surface area contributed by atoms with Crippen LogP contribution in [0.2, 0.25) is 0 Å². The van der Waals surface area contributed by atoms with Crippen molar-refractivity contribution in [3.8, 4) is 0 Å². The lowest BCUT2D eigenvalue weighted by molar-refractivity contribution is 0.0607. The molecular weight excluding hydrogens is 318 g/mol. The Morgan fingerprint density at radius 2 is 2.30 bits per heavy atom. The molecule has 1 fully saturated rings. The van der Waals surface area contributed by atoms with Crippen molar-refractivity contribution in [2.75, 3.05) is 19.6 Å². The molecule has 0 saturated carbocycles. The van der Waals surface area contributed by atoms with Crippen LogP contribution in [0.25, 0.3) is 0 Å². The third-order valence-corrected chi connectivity index (χ3v) is 4.68. The fourth-order valence-corrected chi connectivity index (χ4v) is 3.35. The lowest BCUT2D eigenvalue weighted by Gasteiger charge is -2.36. The number of rotatable bonds is 4. The van der Waals surface area contributed by atoms with E-state index in [0.29, 0.717) is 18.4 Å². The highest BCUT2D eigenvalue weighted by Crippen LogP contribution is 2.25. The Kier molecular flexibility index (Phi) is 5.27. The molecule has 2 atom stereocenters. The van der Waals surface area contributed by atoms with Crippen LogP contribution in [0.3, 0.4) is 0 Å². The molecule has 0 aliphatic carbocycles. The molecular formula is C15H24BrN3O. The molecule has 2 unspecified atom stereocenters. The molecule has 1 amide bonds. The van der Waals surface area contributed by atoms with Gasteiger partial charge in [-0.25, -0.2) is 0 Å². The van der Waals surface area contributed by atoms with Crippen molar-refractivity contribution in [3.05, 3.63) is 22.4 Å². The van der Waals surface area contributed by atoms with Crippen molar-refractivity contribution in [2.24, 2.45) is 17.6 Å². The summed E-state index contributed by atoms with van der Waals surface area (Å²) in [6.07, 6.45) is 4.05. The molecule has 1 aromatic heterocycles. The van der Waals surface area contributed by atoms with Gasteiger partial charge in [0.05, 0.1) is 0 Å². The third-order valence-electron chi connectivity index (χ3n) is 4.25. The van der Waals surface area contributed by atoms with E-state index in [1.54, 1.807) is 0 Å². The van der Waals surface area contributed by atoms with Gasteiger partial charge in [0.1, 0.15) is 5.69 Å². The summed E-state index contributed by atoms with van der Waals surface area (Å²) in [5.41, 5.74) is 6.61. The predicted molar refractivity (Wildman–Crippen MR) is 84.7 cm³/mol. The van der Waals surface area contributed by atoms with E-state index in [2.05, 4.69) is 29.8 Å². The Hall–Kier alpha value is -0.810. The normalized spacial score (nSPS) is 23.1. The maximum atomic E-state index is 12.7. The molecule has 112 valence electrons. The zero-order valence-electron chi connectivity index (χ0n) is 12.3. The van der Waals surface area contributed by atoms with Crippen LogP contribution in [0.4, 0.5) is 0 Å². The molecule has 1 aliphatic rings. The SMILES string of the molecule is CCCn1cc(Br)cc1C(=O)N1CCC(C)C(CN)C1. The number of aromatic nitrogens is 1. The van der Waals surface area contributed by atoms with Gasteiger partial charge in [-0.2, -0.15) is 0 Å². The third kappa shape index (κ3) is 3.26. The van der Waals surface area contributed by atoms with Crippen molar-refractivity contribution in [2.45, 2.75) is 33.2 Å². The molecule has 2 heterocycles. The van der Waals surface area contributed by atoms with Crippen molar-refractivity contribution in [1.29, 1.82) is 0 Å². The van der Waals surface area contributed by atoms with Gasteiger partial charge in [-0.1, -0.05) is 13.8 Å². The Bertz CT molecular complexity index is 472. The van der Waals surface area contributed by atoms with E-state index >= 15 is 0 Å². The standard InChI is InChI=1S/C15H24BrN3O/c1-3-5-18-10-13(16)7-14(18)15(20)19-6-4-11(2)12(8-17)9-19/h7,10-12H,3-6,8-9,17H2,1-2H3. The Labute approximate surface area is 129 Å². The maximum Gasteiger partial charge on any atom is 0.270 e. The number of nitrogens with two attached hydrogens (primary N) is 1. The number of piperidine rings is 1. The lowest BCUT2D eigenvalue weighted by atomic mass is 9.87. The van der Waals surface area contributed by atoms with Gasteiger partial charge in [-0.15, -0.1) is 0 Å². The molecule has 5 heteroatoms. The highest BCUT2D eigenvalue weighted by Gasteiger charge is 2.29. The topological polar surface area (TPSA) is 51.3 Å². The lowest BCUT2D eigenvalue weighted by Crippen LogP contribution is -2.45. The van der Waals surface area contributed by atoms with Crippen LogP contribution in [0.15, 0.2) is 16.7 Å². The van der Waals surface area contributed by atoms with Gasteiger partial charge in [-0.3, -0.25) is 4.79 Å². The summed E-state index contributed by atoms with van der Waals surface area (Å²) in [4.78, 5) is 14.7. The number of carbonyl (C=O) groups excluding carboxylic acids is 1. The second-order valence-electron chi connectivity index (χ2n) is 5.75. The van der Waals surface area contributed by atoms with E-state index in [1.165, 1.54) is 0 Å². The molecule has 1 saturated heterocycles. The summed E-state index contributed by atoms with van der Waals surface area (Å²) >= 11 is 3.47. The van der Waals surface area contributed by atoms with Crippen LogP contribution in [0.5, 0.6) is 0 Å². The number of hydrogen-bond donors (Lipinski definition) is 1. The molecule has 4 nitrogen and oxygen atoms in total. The summed E-state index contributed by atoms with van der Waals surface area (Å²) in [5.74, 6) is 1.17. The van der Waals surface area contributed by atoms with Gasteiger partial charge in [0, 0.05) is 30.3 Å². The van der Waals surface area contributed by atoms with Crippen LogP contribution in [-0.2, 0) is 6.54 Å². The Morgan fingerprint density at radius 1 is 1.55 bits per heavy atom. The number of aryl methyl sites for hydroxylation is 1. The maximum absolute atomic E-state index is 12.7. The number of halogens is 1. The monoisotopic (exact) mass is 341 g/mol. The minimum atomic E-state index is 0.134. The molecule has 0 bridgehead atoms. The average molecular weight is 342 g/mol. The quantitative estimate of drug-likeness (QED) is 0.915. The zero-order valence-corrected chi connectivity index (χ0v) is 13.9. The molecule has 2 rings (SSSR count). The Balaban J connectivity index is 2.15. The van der Waals surface area contributed by atoms with E-state index in [0.717, 1.165) is 42.6 Å². The minimum Gasteiger partial charge on any atom is -0.342 e. The molecule has 2 N–H and O–H groups in total. The number of carbonyl (C=O) groups is 1. The van der Waals surface area contributed by atoms with Crippen LogP contribution in [0.1, 0.15) is 37.2 Å². The van der Waals surface area contributed by atoms with Crippen molar-refractivity contribution in [1.82, 2.24) is 9.47 Å². The van der Waals surface area contributed by atoms with E-state index in [-0.39, 0.29) is 5.91 Å². The van der Waals surface area contributed by atoms with Gasteiger partial charge < -0.3 is 15.2 Å². The van der Waals surface area contributed by atoms with Gasteiger partial charge in [0.15, 0.2) is 0 Å². The first kappa shape index (κ1) is 15.6. The fourth-order valence-electron chi connectivity index (χ4n) is 2.88. The van der Waals surface area contributed by atoms with Gasteiger partial charge in [0.25, 0.3) is 5.91 Å². The summed E-state index contributed by atoms with van der Waals surface area (Å²) < 4.78 is 3.01. The van der Waals surface area contributed by atoms with Gasteiger partial charge in [-0.05, 0) is 53.2 Å². The second kappa shape index (κ2) is 6.76. The molecule has 1 aromatic rings. The summed E-state index contributed by atoms with van der Waals surface area (Å²) in [6.45, 7) is 7.50. The summed E-state index contributed by atoms with van der Waals surface area (Å²) in [7, 11) is 0. The Morgan fingerprint density at radius 3 is 2.95 bits per heavy atom. The van der Waals surface area contributed by atoms with Gasteiger partial charge in [0.2, 0.25) is 0 Å². The van der Waals surface area contributed by atoms with Crippen molar-refractivity contribution in [3.63, 3.8) is 0 Å². The zero-order chi connectivity index (χ0) is 14.7. The van der Waals surface area contributed by atoms with Crippen LogP contribution in [0, 0.1) is 11.8 Å². The first-order valence-corrected chi connectivity index (χ1v) is 8.21. The van der Waals surface area contributed by atoms with E-state index < -0.39 is 0 Å². The predicted octanol–water partition coefficient (Wildman–Crippen LogP) is 2.72. The number of hydrogen-bond acceptors (Lipinski definition) is 2. The number of nitrogens with zero attached hydrogens (tertiary/aromatic N) is 2. The first-order chi connectivity index (χ1) is 9.56. The van der Waals surface area contributed by atoms with E-state index in [9.17, 15) is 4.79 Å². The molecule has 1 aliphatic heterocycles. The average Bonchev–Trinajstić information content (AvgIpc) is 2.80. The minimum absolute atomic E-state index is 0.134. The molecule has 20 heavy (non-hydrogen) atoms. The van der Waals surface area contributed by atoms with E-state index in [1.807, 2.05) is 21.7 Å². The van der Waals surface area contributed by atoms with Crippen LogP contribution >= 0.6 is 15.9 Å².